The first-order valence-corrected chi connectivity index (χ1v) is 7.94. The second-order valence-corrected chi connectivity index (χ2v) is 7.23. The Kier molecular flexibility index (Phi) is 2.48. The van der Waals surface area contributed by atoms with Crippen molar-refractivity contribution in [1.82, 2.24) is 4.57 Å². The molecule has 0 radical (unpaired) electrons. The lowest BCUT2D eigenvalue weighted by atomic mass is 10.2. The Balaban J connectivity index is 1.96. The predicted molar refractivity (Wildman–Crippen MR) is 85.5 cm³/mol. The van der Waals surface area contributed by atoms with Crippen LogP contribution in [0.2, 0.25) is 0 Å². The average Bonchev–Trinajstić information content (AvgIpc) is 2.69. The number of fused-ring (bicyclic) bond motifs is 3. The summed E-state index contributed by atoms with van der Waals surface area (Å²) in [5.74, 6) is 0. The zero-order valence-electron chi connectivity index (χ0n) is 10.1. The average molecular weight is 302 g/mol. The molecule has 2 nitrogen and oxygen atoms in total. The monoisotopic (exact) mass is 302 g/mol. The van der Waals surface area contributed by atoms with E-state index in [1.54, 1.807) is 11.3 Å². The summed E-state index contributed by atoms with van der Waals surface area (Å²) >= 11 is 8.84. The van der Waals surface area contributed by atoms with Gasteiger partial charge in [-0.05, 0) is 36.5 Å². The SMILES string of the molecule is Cn1c(=S)sc2cc3c(cc21)Nc1ccccc1S3. The molecule has 3 aromatic rings. The molecule has 5 heteroatoms. The van der Waals surface area contributed by atoms with Crippen molar-refractivity contribution in [3.8, 4) is 0 Å². The quantitative estimate of drug-likeness (QED) is 0.451. The van der Waals surface area contributed by atoms with Gasteiger partial charge in [-0.25, -0.2) is 0 Å². The van der Waals surface area contributed by atoms with E-state index < -0.39 is 0 Å². The first kappa shape index (κ1) is 11.5. The molecule has 0 saturated carbocycles. The van der Waals surface area contributed by atoms with E-state index in [0.29, 0.717) is 0 Å². The van der Waals surface area contributed by atoms with E-state index in [4.69, 9.17) is 12.2 Å². The highest BCUT2D eigenvalue weighted by Gasteiger charge is 2.17. The van der Waals surface area contributed by atoms with Gasteiger partial charge in [-0.1, -0.05) is 23.9 Å². The first-order valence-electron chi connectivity index (χ1n) is 5.90. The van der Waals surface area contributed by atoms with Crippen LogP contribution in [0.5, 0.6) is 0 Å². The lowest BCUT2D eigenvalue weighted by Crippen LogP contribution is -1.99. The summed E-state index contributed by atoms with van der Waals surface area (Å²) in [5, 5.41) is 3.51. The highest BCUT2D eigenvalue weighted by molar-refractivity contribution is 7.99. The van der Waals surface area contributed by atoms with Gasteiger partial charge < -0.3 is 9.88 Å². The standard InChI is InChI=1S/C14H10N2S3/c1-16-10-6-9-12(7-13(10)19-14(16)17)18-11-5-3-2-4-8(11)15-9/h2-7,15H,1H3. The molecular formula is C14H10N2S3. The number of benzene rings is 2. The molecule has 0 amide bonds. The van der Waals surface area contributed by atoms with Crippen molar-refractivity contribution in [3.63, 3.8) is 0 Å². The number of anilines is 2. The highest BCUT2D eigenvalue weighted by atomic mass is 32.2. The number of hydrogen-bond acceptors (Lipinski definition) is 4. The van der Waals surface area contributed by atoms with Crippen molar-refractivity contribution in [2.24, 2.45) is 7.05 Å². The molecule has 2 aromatic carbocycles. The third-order valence-corrected chi connectivity index (χ3v) is 5.92. The molecule has 0 unspecified atom stereocenters. The van der Waals surface area contributed by atoms with E-state index >= 15 is 0 Å². The van der Waals surface area contributed by atoms with Crippen LogP contribution in [0.25, 0.3) is 10.2 Å². The summed E-state index contributed by atoms with van der Waals surface area (Å²) in [6.07, 6.45) is 0. The summed E-state index contributed by atoms with van der Waals surface area (Å²) in [4.78, 5) is 2.54. The third kappa shape index (κ3) is 1.73. The lowest BCUT2D eigenvalue weighted by molar-refractivity contribution is 0.963. The van der Waals surface area contributed by atoms with Crippen LogP contribution >= 0.6 is 35.3 Å². The minimum Gasteiger partial charge on any atom is -0.354 e. The van der Waals surface area contributed by atoms with Crippen LogP contribution < -0.4 is 5.32 Å². The summed E-state index contributed by atoms with van der Waals surface area (Å²) in [5.41, 5.74) is 3.54. The number of aryl methyl sites for hydroxylation is 1. The molecule has 4 rings (SSSR count). The van der Waals surface area contributed by atoms with Crippen molar-refractivity contribution >= 4 is 56.9 Å². The van der Waals surface area contributed by atoms with Gasteiger partial charge in [-0.2, -0.15) is 0 Å². The molecular weight excluding hydrogens is 292 g/mol. The normalized spacial score (nSPS) is 12.9. The smallest absolute Gasteiger partial charge is 0.161 e. The van der Waals surface area contributed by atoms with E-state index in [9.17, 15) is 0 Å². The van der Waals surface area contributed by atoms with E-state index in [1.165, 1.54) is 31.4 Å². The number of aromatic nitrogens is 1. The van der Waals surface area contributed by atoms with Crippen LogP contribution in [-0.4, -0.2) is 4.57 Å². The van der Waals surface area contributed by atoms with Crippen LogP contribution in [0.15, 0.2) is 46.2 Å². The molecule has 2 heterocycles. The fourth-order valence-corrected chi connectivity index (χ4v) is 4.61. The minimum atomic E-state index is 0.917. The van der Waals surface area contributed by atoms with Crippen molar-refractivity contribution in [2.45, 2.75) is 9.79 Å². The van der Waals surface area contributed by atoms with Crippen LogP contribution in [-0.2, 0) is 7.05 Å². The van der Waals surface area contributed by atoms with Crippen molar-refractivity contribution in [3.05, 3.63) is 40.4 Å². The number of nitrogens with zero attached hydrogens (tertiary/aromatic N) is 1. The van der Waals surface area contributed by atoms with Gasteiger partial charge >= 0.3 is 0 Å². The largest absolute Gasteiger partial charge is 0.354 e. The zero-order valence-corrected chi connectivity index (χ0v) is 12.6. The highest BCUT2D eigenvalue weighted by Crippen LogP contribution is 2.45. The Bertz CT molecular complexity index is 861. The van der Waals surface area contributed by atoms with Crippen molar-refractivity contribution in [2.75, 3.05) is 5.32 Å². The molecule has 94 valence electrons. The van der Waals surface area contributed by atoms with E-state index in [1.807, 2.05) is 18.8 Å². The predicted octanol–water partition coefficient (Wildman–Crippen LogP) is 5.18. The maximum absolute atomic E-state index is 5.35. The van der Waals surface area contributed by atoms with Gasteiger partial charge in [-0.3, -0.25) is 0 Å². The van der Waals surface area contributed by atoms with Gasteiger partial charge in [0.15, 0.2) is 3.95 Å². The molecule has 0 saturated heterocycles. The Hall–Kier alpha value is -1.30. The van der Waals surface area contributed by atoms with Crippen LogP contribution in [0.4, 0.5) is 11.4 Å². The number of rotatable bonds is 0. The molecule has 0 aliphatic carbocycles. The van der Waals surface area contributed by atoms with Crippen LogP contribution in [0.3, 0.4) is 0 Å². The zero-order chi connectivity index (χ0) is 13.0. The second kappa shape index (κ2) is 4.10. The van der Waals surface area contributed by atoms with Crippen molar-refractivity contribution in [1.29, 1.82) is 0 Å². The molecule has 1 aliphatic heterocycles. The fraction of sp³-hybridized carbons (Fsp3) is 0.0714. The minimum absolute atomic E-state index is 0.917. The van der Waals surface area contributed by atoms with Gasteiger partial charge in [0.05, 0.1) is 21.6 Å². The number of hydrogen-bond donors (Lipinski definition) is 1. The summed E-state index contributed by atoms with van der Waals surface area (Å²) < 4.78 is 4.24. The van der Waals surface area contributed by atoms with Crippen molar-refractivity contribution < 1.29 is 0 Å². The Morgan fingerprint density at radius 1 is 1.11 bits per heavy atom. The van der Waals surface area contributed by atoms with Crippen LogP contribution in [0, 0.1) is 3.95 Å². The summed E-state index contributed by atoms with van der Waals surface area (Å²) in [7, 11) is 2.03. The number of nitrogens with one attached hydrogen (secondary N) is 1. The van der Waals surface area contributed by atoms with Gasteiger partial charge in [0.2, 0.25) is 0 Å². The van der Waals surface area contributed by atoms with Gasteiger partial charge in [0.25, 0.3) is 0 Å². The van der Waals surface area contributed by atoms with Gasteiger partial charge in [-0.15, -0.1) is 11.3 Å². The molecule has 0 bridgehead atoms. The number of thiazole rings is 1. The summed E-state index contributed by atoms with van der Waals surface area (Å²) in [6.45, 7) is 0. The summed E-state index contributed by atoms with van der Waals surface area (Å²) in [6, 6.07) is 12.8. The van der Waals surface area contributed by atoms with Gasteiger partial charge in [0.1, 0.15) is 0 Å². The number of para-hydroxylation sites is 1. The van der Waals surface area contributed by atoms with E-state index in [2.05, 4.69) is 46.3 Å². The Morgan fingerprint density at radius 3 is 2.84 bits per heavy atom. The Labute approximate surface area is 124 Å². The van der Waals surface area contributed by atoms with E-state index in [-0.39, 0.29) is 0 Å². The molecule has 0 spiro atoms. The molecule has 19 heavy (non-hydrogen) atoms. The van der Waals surface area contributed by atoms with E-state index in [0.717, 1.165) is 3.95 Å². The topological polar surface area (TPSA) is 17.0 Å². The molecule has 1 aromatic heterocycles. The fourth-order valence-electron chi connectivity index (χ4n) is 2.26. The first-order chi connectivity index (χ1) is 9.22. The second-order valence-electron chi connectivity index (χ2n) is 4.47. The van der Waals surface area contributed by atoms with Crippen LogP contribution in [0.1, 0.15) is 0 Å². The molecule has 1 aliphatic rings. The molecule has 0 fully saturated rings. The molecule has 1 N–H and O–H groups in total. The maximum atomic E-state index is 5.35. The van der Waals surface area contributed by atoms with Gasteiger partial charge in [0, 0.05) is 16.8 Å². The Morgan fingerprint density at radius 2 is 1.95 bits per heavy atom. The maximum Gasteiger partial charge on any atom is 0.161 e. The third-order valence-electron chi connectivity index (χ3n) is 3.27. The molecule has 0 atom stereocenters. The lowest BCUT2D eigenvalue weighted by Gasteiger charge is -2.20.